The zero-order chi connectivity index (χ0) is 17.9. The second-order valence-corrected chi connectivity index (χ2v) is 6.15. The van der Waals surface area contributed by atoms with Gasteiger partial charge in [0.05, 0.1) is 4.92 Å². The van der Waals surface area contributed by atoms with E-state index >= 15 is 0 Å². The molecule has 0 amide bonds. The third kappa shape index (κ3) is 3.13. The average molecular weight is 351 g/mol. The van der Waals surface area contributed by atoms with E-state index < -0.39 is 0 Å². The van der Waals surface area contributed by atoms with Crippen LogP contribution in [-0.2, 0) is 0 Å². The maximum atomic E-state index is 11.6. The maximum Gasteiger partial charge on any atom is 0.293 e. The summed E-state index contributed by atoms with van der Waals surface area (Å²) in [5.41, 5.74) is 1.81. The molecule has 0 spiro atoms. The van der Waals surface area contributed by atoms with E-state index in [1.807, 2.05) is 6.07 Å². The van der Waals surface area contributed by atoms with E-state index in [4.69, 9.17) is 4.52 Å². The Kier molecular flexibility index (Phi) is 4.30. The molecule has 3 heterocycles. The van der Waals surface area contributed by atoms with Crippen molar-refractivity contribution in [2.45, 2.75) is 19.3 Å². The van der Waals surface area contributed by atoms with Gasteiger partial charge in [-0.3, -0.25) is 15.1 Å². The molecule has 0 aliphatic carbocycles. The van der Waals surface area contributed by atoms with Gasteiger partial charge in [0.1, 0.15) is 11.4 Å². The van der Waals surface area contributed by atoms with E-state index in [0.717, 1.165) is 25.9 Å². The Labute approximate surface area is 149 Å². The lowest BCUT2D eigenvalue weighted by Crippen LogP contribution is -2.29. The molecule has 4 rings (SSSR count). The van der Waals surface area contributed by atoms with E-state index in [9.17, 15) is 10.1 Å². The zero-order valence-electron chi connectivity index (χ0n) is 14.0. The van der Waals surface area contributed by atoms with E-state index in [1.54, 1.807) is 30.5 Å². The van der Waals surface area contributed by atoms with Crippen molar-refractivity contribution in [1.29, 1.82) is 0 Å². The normalized spacial score (nSPS) is 14.4. The highest BCUT2D eigenvalue weighted by molar-refractivity contribution is 5.71. The van der Waals surface area contributed by atoms with Gasteiger partial charge in [-0.15, -0.1) is 0 Å². The molecular formula is C18H17N5O3. The molecule has 1 fully saturated rings. The molecule has 0 unspecified atom stereocenters. The molecule has 0 radical (unpaired) electrons. The van der Waals surface area contributed by atoms with Gasteiger partial charge < -0.3 is 9.42 Å². The highest BCUT2D eigenvalue weighted by atomic mass is 16.6. The van der Waals surface area contributed by atoms with Crippen LogP contribution in [-0.4, -0.2) is 33.1 Å². The van der Waals surface area contributed by atoms with Crippen molar-refractivity contribution in [1.82, 2.24) is 15.1 Å². The number of nitrogens with zero attached hydrogens (tertiary/aromatic N) is 5. The van der Waals surface area contributed by atoms with E-state index in [0.29, 0.717) is 22.8 Å². The van der Waals surface area contributed by atoms with Crippen LogP contribution in [0.15, 0.2) is 47.1 Å². The van der Waals surface area contributed by atoms with Crippen LogP contribution in [0.1, 0.15) is 19.3 Å². The molecule has 1 aromatic carbocycles. The minimum atomic E-state index is -0.354. The van der Waals surface area contributed by atoms with Crippen molar-refractivity contribution in [3.05, 3.63) is 52.7 Å². The molecular weight excluding hydrogens is 334 g/mol. The van der Waals surface area contributed by atoms with Gasteiger partial charge in [-0.1, -0.05) is 11.2 Å². The van der Waals surface area contributed by atoms with Crippen LogP contribution in [0.3, 0.4) is 0 Å². The largest absolute Gasteiger partial charge is 0.366 e. The third-order valence-corrected chi connectivity index (χ3v) is 4.44. The van der Waals surface area contributed by atoms with Crippen LogP contribution in [0, 0.1) is 10.1 Å². The number of nitro benzene ring substituents is 1. The van der Waals surface area contributed by atoms with Gasteiger partial charge in [0.15, 0.2) is 0 Å². The molecule has 1 aliphatic heterocycles. The molecule has 0 N–H and O–H groups in total. The molecule has 0 bridgehead atoms. The van der Waals surface area contributed by atoms with Gasteiger partial charge in [-0.05, 0) is 43.5 Å². The number of piperidine rings is 1. The Morgan fingerprint density at radius 1 is 1.12 bits per heavy atom. The first-order valence-corrected chi connectivity index (χ1v) is 8.51. The fourth-order valence-corrected chi connectivity index (χ4v) is 3.15. The lowest BCUT2D eigenvalue weighted by molar-refractivity contribution is -0.384. The number of anilines is 1. The highest BCUT2D eigenvalue weighted by Gasteiger charge is 2.23. The summed E-state index contributed by atoms with van der Waals surface area (Å²) in [5.74, 6) is 0.585. The Morgan fingerprint density at radius 3 is 2.69 bits per heavy atom. The first kappa shape index (κ1) is 16.2. The number of hydrogen-bond acceptors (Lipinski definition) is 7. The first-order valence-electron chi connectivity index (χ1n) is 8.51. The third-order valence-electron chi connectivity index (χ3n) is 4.44. The van der Waals surface area contributed by atoms with E-state index in [-0.39, 0.29) is 16.5 Å². The standard InChI is InChI=1S/C18H17N5O3/c24-23(25)16-12-13(7-8-15(16)22-10-4-1-5-11-22)17-20-18(26-21-17)14-6-2-3-9-19-14/h2-3,6-9,12H,1,4-5,10-11H2. The Balaban J connectivity index is 1.68. The predicted octanol–water partition coefficient (Wildman–Crippen LogP) is 3.70. The van der Waals surface area contributed by atoms with Crippen LogP contribution in [0.5, 0.6) is 0 Å². The summed E-state index contributed by atoms with van der Waals surface area (Å²) < 4.78 is 5.25. The van der Waals surface area contributed by atoms with Crippen LogP contribution in [0.25, 0.3) is 23.0 Å². The second kappa shape index (κ2) is 6.91. The molecule has 132 valence electrons. The highest BCUT2D eigenvalue weighted by Crippen LogP contribution is 2.34. The second-order valence-electron chi connectivity index (χ2n) is 6.15. The smallest absolute Gasteiger partial charge is 0.293 e. The van der Waals surface area contributed by atoms with Crippen LogP contribution in [0.2, 0.25) is 0 Å². The van der Waals surface area contributed by atoms with Crippen molar-refractivity contribution < 1.29 is 9.45 Å². The summed E-state index contributed by atoms with van der Waals surface area (Å²) in [6.07, 6.45) is 4.91. The molecule has 26 heavy (non-hydrogen) atoms. The lowest BCUT2D eigenvalue weighted by atomic mass is 10.1. The molecule has 8 heteroatoms. The Morgan fingerprint density at radius 2 is 1.96 bits per heavy atom. The van der Waals surface area contributed by atoms with Gasteiger partial charge in [-0.25, -0.2) is 0 Å². The number of benzene rings is 1. The monoisotopic (exact) mass is 351 g/mol. The fraction of sp³-hybridized carbons (Fsp3) is 0.278. The molecule has 1 saturated heterocycles. The maximum absolute atomic E-state index is 11.6. The van der Waals surface area contributed by atoms with Crippen LogP contribution in [0.4, 0.5) is 11.4 Å². The van der Waals surface area contributed by atoms with Gasteiger partial charge in [0, 0.05) is 30.9 Å². The van der Waals surface area contributed by atoms with Crippen LogP contribution < -0.4 is 4.90 Å². The van der Waals surface area contributed by atoms with Crippen molar-refractivity contribution in [2.75, 3.05) is 18.0 Å². The van der Waals surface area contributed by atoms with Gasteiger partial charge >= 0.3 is 0 Å². The molecule has 1 aliphatic rings. The number of aromatic nitrogens is 3. The summed E-state index contributed by atoms with van der Waals surface area (Å²) in [4.78, 5) is 21.8. The summed E-state index contributed by atoms with van der Waals surface area (Å²) in [6.45, 7) is 1.68. The Hall–Kier alpha value is -3.29. The quantitative estimate of drug-likeness (QED) is 0.522. The number of hydrogen-bond donors (Lipinski definition) is 0. The summed E-state index contributed by atoms with van der Waals surface area (Å²) in [5, 5.41) is 15.5. The summed E-state index contributed by atoms with van der Waals surface area (Å²) in [6, 6.07) is 10.5. The first-order chi connectivity index (χ1) is 12.7. The molecule has 8 nitrogen and oxygen atoms in total. The lowest BCUT2D eigenvalue weighted by Gasteiger charge is -2.28. The number of nitro groups is 1. The molecule has 0 saturated carbocycles. The average Bonchev–Trinajstić information content (AvgIpc) is 3.19. The summed E-state index contributed by atoms with van der Waals surface area (Å²) >= 11 is 0. The van der Waals surface area contributed by atoms with Crippen molar-refractivity contribution >= 4 is 11.4 Å². The van der Waals surface area contributed by atoms with E-state index in [1.165, 1.54) is 12.5 Å². The van der Waals surface area contributed by atoms with Crippen molar-refractivity contribution in [2.24, 2.45) is 0 Å². The van der Waals surface area contributed by atoms with Crippen LogP contribution >= 0.6 is 0 Å². The Bertz CT molecular complexity index is 920. The zero-order valence-corrected chi connectivity index (χ0v) is 14.0. The molecule has 3 aromatic rings. The SMILES string of the molecule is O=[N+]([O-])c1cc(-c2noc(-c3ccccn3)n2)ccc1N1CCCCC1. The molecule has 2 aromatic heterocycles. The summed E-state index contributed by atoms with van der Waals surface area (Å²) in [7, 11) is 0. The van der Waals surface area contributed by atoms with Gasteiger partial charge in [0.2, 0.25) is 5.82 Å². The predicted molar refractivity (Wildman–Crippen MR) is 95.7 cm³/mol. The molecule has 0 atom stereocenters. The number of pyridine rings is 1. The van der Waals surface area contributed by atoms with Crippen molar-refractivity contribution in [3.63, 3.8) is 0 Å². The minimum absolute atomic E-state index is 0.0635. The number of rotatable bonds is 4. The fourth-order valence-electron chi connectivity index (χ4n) is 3.15. The van der Waals surface area contributed by atoms with E-state index in [2.05, 4.69) is 20.0 Å². The van der Waals surface area contributed by atoms with Crippen molar-refractivity contribution in [3.8, 4) is 23.0 Å². The topological polar surface area (TPSA) is 98.2 Å². The van der Waals surface area contributed by atoms with Gasteiger partial charge in [-0.2, -0.15) is 4.98 Å². The minimum Gasteiger partial charge on any atom is -0.366 e. The van der Waals surface area contributed by atoms with Gasteiger partial charge in [0.25, 0.3) is 11.6 Å².